The molecule has 1 heterocycles. The lowest BCUT2D eigenvalue weighted by Crippen LogP contribution is -2.06. The van der Waals surface area contributed by atoms with Crippen molar-refractivity contribution in [3.8, 4) is 0 Å². The van der Waals surface area contributed by atoms with Gasteiger partial charge in [0.1, 0.15) is 6.61 Å². The van der Waals surface area contributed by atoms with Gasteiger partial charge in [0.2, 0.25) is 0 Å². The van der Waals surface area contributed by atoms with Gasteiger partial charge in [-0.1, -0.05) is 42.5 Å². The minimum absolute atomic E-state index is 0.243. The van der Waals surface area contributed by atoms with Crippen LogP contribution in [0.4, 0.5) is 0 Å². The van der Waals surface area contributed by atoms with Crippen LogP contribution in [0.1, 0.15) is 15.9 Å². The van der Waals surface area contributed by atoms with Crippen molar-refractivity contribution in [3.63, 3.8) is 0 Å². The molecule has 3 aromatic rings. The Morgan fingerprint density at radius 1 is 1.10 bits per heavy atom. The van der Waals surface area contributed by atoms with E-state index in [0.29, 0.717) is 5.56 Å². The van der Waals surface area contributed by atoms with E-state index in [1.165, 1.54) is 6.20 Å². The zero-order valence-electron chi connectivity index (χ0n) is 11.1. The first kappa shape index (κ1) is 13.8. The summed E-state index contributed by atoms with van der Waals surface area (Å²) in [4.78, 5) is 16.0. The quantitative estimate of drug-likeness (QED) is 0.664. The number of hydrogen-bond acceptors (Lipinski definition) is 3. The molecule has 0 aliphatic carbocycles. The molecule has 3 nitrogen and oxygen atoms in total. The summed E-state index contributed by atoms with van der Waals surface area (Å²) in [5.41, 5.74) is 1.43. The van der Waals surface area contributed by atoms with Crippen molar-refractivity contribution in [2.45, 2.75) is 6.61 Å². The third-order valence-electron chi connectivity index (χ3n) is 3.18. The number of halogens is 1. The van der Waals surface area contributed by atoms with Gasteiger partial charge in [0.05, 0.1) is 5.56 Å². The zero-order chi connectivity index (χ0) is 14.7. The molecule has 2 aromatic carbocycles. The predicted octanol–water partition coefficient (Wildman–Crippen LogP) is 4.35. The fraction of sp³-hybridized carbons (Fsp3) is 0.0588. The predicted molar refractivity (Wildman–Crippen MR) is 85.0 cm³/mol. The second-order valence-electron chi connectivity index (χ2n) is 4.61. The lowest BCUT2D eigenvalue weighted by molar-refractivity contribution is 0.0474. The maximum Gasteiger partial charge on any atom is 0.340 e. The molecule has 1 aromatic heterocycles. The second kappa shape index (κ2) is 6.06. The summed E-state index contributed by atoms with van der Waals surface area (Å²) in [6.45, 7) is 0.243. The third-order valence-corrected chi connectivity index (χ3v) is 3.61. The summed E-state index contributed by atoms with van der Waals surface area (Å²) in [5, 5.41) is 2.23. The van der Waals surface area contributed by atoms with E-state index in [-0.39, 0.29) is 12.6 Å². The molecule has 0 fully saturated rings. The van der Waals surface area contributed by atoms with Crippen LogP contribution in [0.25, 0.3) is 10.8 Å². The van der Waals surface area contributed by atoms with Crippen molar-refractivity contribution in [3.05, 3.63) is 76.5 Å². The maximum absolute atomic E-state index is 12.0. The van der Waals surface area contributed by atoms with Crippen LogP contribution in [0.3, 0.4) is 0 Å². The summed E-state index contributed by atoms with van der Waals surface area (Å²) >= 11 is 3.29. The first-order valence-electron chi connectivity index (χ1n) is 6.48. The molecule has 0 spiro atoms. The van der Waals surface area contributed by atoms with Gasteiger partial charge in [0.25, 0.3) is 0 Å². The Kier molecular flexibility index (Phi) is 3.97. The first-order valence-corrected chi connectivity index (χ1v) is 7.27. The molecule has 21 heavy (non-hydrogen) atoms. The van der Waals surface area contributed by atoms with Gasteiger partial charge < -0.3 is 4.74 Å². The van der Waals surface area contributed by atoms with Crippen molar-refractivity contribution in [1.82, 2.24) is 4.98 Å². The summed E-state index contributed by atoms with van der Waals surface area (Å²) in [6, 6.07) is 15.7. The molecule has 0 saturated carbocycles. The highest BCUT2D eigenvalue weighted by atomic mass is 79.9. The number of aromatic nitrogens is 1. The molecule has 0 aliphatic rings. The SMILES string of the molecule is O=C(OCc1cccc2ccccc12)c1cncc(Br)c1. The Balaban J connectivity index is 1.79. The average molecular weight is 342 g/mol. The molecule has 0 atom stereocenters. The van der Waals surface area contributed by atoms with E-state index in [9.17, 15) is 4.79 Å². The Bertz CT molecular complexity index is 796. The molecule has 0 N–H and O–H groups in total. The van der Waals surface area contributed by atoms with Gasteiger partial charge in [0, 0.05) is 16.9 Å². The molecular weight excluding hydrogens is 330 g/mol. The Morgan fingerprint density at radius 3 is 2.76 bits per heavy atom. The number of carbonyl (C=O) groups excluding carboxylic acids is 1. The molecule has 0 saturated heterocycles. The number of fused-ring (bicyclic) bond motifs is 1. The Labute approximate surface area is 130 Å². The first-order chi connectivity index (χ1) is 10.2. The van der Waals surface area contributed by atoms with Crippen LogP contribution in [0, 0.1) is 0 Å². The van der Waals surface area contributed by atoms with Gasteiger partial charge in [-0.05, 0) is 38.3 Å². The third kappa shape index (κ3) is 3.11. The number of ether oxygens (including phenoxy) is 1. The largest absolute Gasteiger partial charge is 0.457 e. The lowest BCUT2D eigenvalue weighted by atomic mass is 10.1. The molecular formula is C17H12BrNO2. The number of rotatable bonds is 3. The fourth-order valence-corrected chi connectivity index (χ4v) is 2.53. The van der Waals surface area contributed by atoms with E-state index in [4.69, 9.17) is 4.74 Å². The standard InChI is InChI=1S/C17H12BrNO2/c18-15-8-14(9-19-10-15)17(20)21-11-13-6-3-5-12-4-1-2-7-16(12)13/h1-10H,11H2. The van der Waals surface area contributed by atoms with E-state index in [2.05, 4.69) is 20.9 Å². The van der Waals surface area contributed by atoms with Crippen molar-refractivity contribution in [2.24, 2.45) is 0 Å². The maximum atomic E-state index is 12.0. The minimum atomic E-state index is -0.378. The Hall–Kier alpha value is -2.20. The van der Waals surface area contributed by atoms with Crippen molar-refractivity contribution in [1.29, 1.82) is 0 Å². The van der Waals surface area contributed by atoms with E-state index in [0.717, 1.165) is 20.8 Å². The van der Waals surface area contributed by atoms with Gasteiger partial charge in [-0.3, -0.25) is 4.98 Å². The highest BCUT2D eigenvalue weighted by molar-refractivity contribution is 9.10. The molecule has 0 amide bonds. The van der Waals surface area contributed by atoms with Gasteiger partial charge in [-0.2, -0.15) is 0 Å². The monoisotopic (exact) mass is 341 g/mol. The topological polar surface area (TPSA) is 39.2 Å². The van der Waals surface area contributed by atoms with Crippen LogP contribution in [0.15, 0.2) is 65.4 Å². The minimum Gasteiger partial charge on any atom is -0.457 e. The summed E-state index contributed by atoms with van der Waals surface area (Å²) < 4.78 is 6.13. The molecule has 104 valence electrons. The van der Waals surface area contributed by atoms with Crippen LogP contribution < -0.4 is 0 Å². The molecule has 3 rings (SSSR count). The highest BCUT2D eigenvalue weighted by Gasteiger charge is 2.09. The normalized spacial score (nSPS) is 10.5. The number of pyridine rings is 1. The number of nitrogens with zero attached hydrogens (tertiary/aromatic N) is 1. The number of carbonyl (C=O) groups is 1. The number of hydrogen-bond donors (Lipinski definition) is 0. The number of esters is 1. The average Bonchev–Trinajstić information content (AvgIpc) is 2.52. The number of benzene rings is 2. The van der Waals surface area contributed by atoms with E-state index in [1.54, 1.807) is 12.3 Å². The summed E-state index contributed by atoms with van der Waals surface area (Å²) in [5.74, 6) is -0.378. The van der Waals surface area contributed by atoms with Gasteiger partial charge >= 0.3 is 5.97 Å². The van der Waals surface area contributed by atoms with Crippen LogP contribution in [-0.4, -0.2) is 11.0 Å². The molecule has 0 unspecified atom stereocenters. The zero-order valence-corrected chi connectivity index (χ0v) is 12.7. The van der Waals surface area contributed by atoms with E-state index in [1.807, 2.05) is 42.5 Å². The summed E-state index contributed by atoms with van der Waals surface area (Å²) in [6.07, 6.45) is 3.12. The molecule has 0 bridgehead atoms. The second-order valence-corrected chi connectivity index (χ2v) is 5.52. The van der Waals surface area contributed by atoms with Crippen LogP contribution in [0.2, 0.25) is 0 Å². The van der Waals surface area contributed by atoms with Crippen LogP contribution >= 0.6 is 15.9 Å². The van der Waals surface area contributed by atoms with Crippen LogP contribution in [-0.2, 0) is 11.3 Å². The van der Waals surface area contributed by atoms with Crippen molar-refractivity contribution < 1.29 is 9.53 Å². The summed E-state index contributed by atoms with van der Waals surface area (Å²) in [7, 11) is 0. The van der Waals surface area contributed by atoms with Gasteiger partial charge in [0.15, 0.2) is 0 Å². The lowest BCUT2D eigenvalue weighted by Gasteiger charge is -2.08. The molecule has 0 aliphatic heterocycles. The Morgan fingerprint density at radius 2 is 1.90 bits per heavy atom. The highest BCUT2D eigenvalue weighted by Crippen LogP contribution is 2.19. The van der Waals surface area contributed by atoms with E-state index < -0.39 is 0 Å². The van der Waals surface area contributed by atoms with Crippen molar-refractivity contribution >= 4 is 32.7 Å². The van der Waals surface area contributed by atoms with E-state index >= 15 is 0 Å². The van der Waals surface area contributed by atoms with Gasteiger partial charge in [-0.25, -0.2) is 4.79 Å². The smallest absolute Gasteiger partial charge is 0.340 e. The fourth-order valence-electron chi connectivity index (χ4n) is 2.17. The van der Waals surface area contributed by atoms with Crippen LogP contribution in [0.5, 0.6) is 0 Å². The molecule has 4 heteroatoms. The van der Waals surface area contributed by atoms with Crippen molar-refractivity contribution in [2.75, 3.05) is 0 Å². The van der Waals surface area contributed by atoms with Gasteiger partial charge in [-0.15, -0.1) is 0 Å². The molecule has 0 radical (unpaired) electrons.